The van der Waals surface area contributed by atoms with Gasteiger partial charge in [-0.2, -0.15) is 0 Å². The van der Waals surface area contributed by atoms with Gasteiger partial charge in [0.05, 0.1) is 14.2 Å². The number of benzene rings is 2. The van der Waals surface area contributed by atoms with Crippen molar-refractivity contribution in [1.82, 2.24) is 0 Å². The third-order valence-corrected chi connectivity index (χ3v) is 3.11. The van der Waals surface area contributed by atoms with E-state index in [4.69, 9.17) is 9.47 Å². The van der Waals surface area contributed by atoms with Gasteiger partial charge in [-0.25, -0.2) is 0 Å². The Morgan fingerprint density at radius 1 is 0.895 bits per heavy atom. The molecular weight excluding hydrogens is 238 g/mol. The lowest BCUT2D eigenvalue weighted by molar-refractivity contribution is 0.409. The van der Waals surface area contributed by atoms with Crippen LogP contribution in [0.25, 0.3) is 0 Å². The summed E-state index contributed by atoms with van der Waals surface area (Å²) < 4.78 is 10.5. The van der Waals surface area contributed by atoms with E-state index in [1.165, 1.54) is 5.56 Å². The highest BCUT2D eigenvalue weighted by Crippen LogP contribution is 2.23. The molecule has 0 bridgehead atoms. The van der Waals surface area contributed by atoms with E-state index in [0.29, 0.717) is 0 Å². The molecule has 0 aliphatic rings. The number of hydrogen-bond acceptors (Lipinski definition) is 3. The highest BCUT2D eigenvalue weighted by molar-refractivity contribution is 5.49. The quantitative estimate of drug-likeness (QED) is 0.820. The van der Waals surface area contributed by atoms with E-state index in [-0.39, 0.29) is 0 Å². The van der Waals surface area contributed by atoms with Crippen molar-refractivity contribution in [1.29, 1.82) is 0 Å². The minimum absolute atomic E-state index is 0.802. The van der Waals surface area contributed by atoms with Gasteiger partial charge in [0.15, 0.2) is 0 Å². The standard InChI is InChI=1S/C16H19NO2/c1-17(14-8-10-15(18-2)11-9-14)12-13-6-4-5-7-16(13)19-3/h4-11H,12H2,1-3H3. The Balaban J connectivity index is 2.13. The Morgan fingerprint density at radius 2 is 1.58 bits per heavy atom. The number of anilines is 1. The van der Waals surface area contributed by atoms with Gasteiger partial charge in [0.1, 0.15) is 11.5 Å². The van der Waals surface area contributed by atoms with Crippen LogP contribution in [0.15, 0.2) is 48.5 Å². The van der Waals surface area contributed by atoms with E-state index < -0.39 is 0 Å². The predicted octanol–water partition coefficient (Wildman–Crippen LogP) is 3.34. The summed E-state index contributed by atoms with van der Waals surface area (Å²) in [5, 5.41) is 0. The molecule has 0 spiro atoms. The molecule has 19 heavy (non-hydrogen) atoms. The van der Waals surface area contributed by atoms with E-state index in [1.807, 2.05) is 42.5 Å². The first kappa shape index (κ1) is 13.3. The number of rotatable bonds is 5. The minimum atomic E-state index is 0.802. The highest BCUT2D eigenvalue weighted by atomic mass is 16.5. The summed E-state index contributed by atoms with van der Waals surface area (Å²) in [6.45, 7) is 0.802. The van der Waals surface area contributed by atoms with Crippen LogP contribution in [0.3, 0.4) is 0 Å². The molecule has 0 saturated heterocycles. The highest BCUT2D eigenvalue weighted by Gasteiger charge is 2.06. The van der Waals surface area contributed by atoms with Crippen molar-refractivity contribution in [3.8, 4) is 11.5 Å². The molecule has 2 rings (SSSR count). The number of nitrogens with zero attached hydrogens (tertiary/aromatic N) is 1. The van der Waals surface area contributed by atoms with E-state index in [0.717, 1.165) is 23.7 Å². The topological polar surface area (TPSA) is 21.7 Å². The van der Waals surface area contributed by atoms with Crippen molar-refractivity contribution in [3.05, 3.63) is 54.1 Å². The summed E-state index contributed by atoms with van der Waals surface area (Å²) in [5.41, 5.74) is 2.31. The van der Waals surface area contributed by atoms with Crippen LogP contribution in [-0.2, 0) is 6.54 Å². The molecule has 0 N–H and O–H groups in total. The SMILES string of the molecule is COc1ccc(N(C)Cc2ccccc2OC)cc1. The molecule has 100 valence electrons. The van der Waals surface area contributed by atoms with Crippen molar-refractivity contribution in [2.75, 3.05) is 26.2 Å². The zero-order valence-corrected chi connectivity index (χ0v) is 11.6. The summed E-state index contributed by atoms with van der Waals surface area (Å²) >= 11 is 0. The maximum absolute atomic E-state index is 5.37. The van der Waals surface area contributed by atoms with Gasteiger partial charge >= 0.3 is 0 Å². The van der Waals surface area contributed by atoms with Gasteiger partial charge in [0.2, 0.25) is 0 Å². The molecule has 2 aromatic rings. The van der Waals surface area contributed by atoms with Crippen LogP contribution in [0.1, 0.15) is 5.56 Å². The van der Waals surface area contributed by atoms with Crippen molar-refractivity contribution in [2.24, 2.45) is 0 Å². The number of ether oxygens (including phenoxy) is 2. The fraction of sp³-hybridized carbons (Fsp3) is 0.250. The van der Waals surface area contributed by atoms with Crippen LogP contribution in [0.4, 0.5) is 5.69 Å². The second kappa shape index (κ2) is 6.14. The molecule has 0 radical (unpaired) electrons. The summed E-state index contributed by atoms with van der Waals surface area (Å²) in [7, 11) is 5.44. The molecule has 3 heteroatoms. The van der Waals surface area contributed by atoms with Gasteiger partial charge in [-0.15, -0.1) is 0 Å². The molecule has 3 nitrogen and oxygen atoms in total. The molecule has 0 aliphatic carbocycles. The minimum Gasteiger partial charge on any atom is -0.497 e. The molecule has 0 saturated carbocycles. The van der Waals surface area contributed by atoms with Crippen molar-refractivity contribution in [3.63, 3.8) is 0 Å². The second-order valence-corrected chi connectivity index (χ2v) is 4.37. The molecule has 0 aliphatic heterocycles. The lowest BCUT2D eigenvalue weighted by atomic mass is 10.2. The van der Waals surface area contributed by atoms with Gasteiger partial charge in [-0.05, 0) is 30.3 Å². The monoisotopic (exact) mass is 257 g/mol. The third-order valence-electron chi connectivity index (χ3n) is 3.11. The summed E-state index contributed by atoms with van der Waals surface area (Å²) in [6, 6.07) is 16.1. The Morgan fingerprint density at radius 3 is 2.21 bits per heavy atom. The normalized spacial score (nSPS) is 10.1. The number of para-hydroxylation sites is 1. The Hall–Kier alpha value is -2.16. The molecule has 0 heterocycles. The largest absolute Gasteiger partial charge is 0.497 e. The fourth-order valence-corrected chi connectivity index (χ4v) is 2.02. The zero-order valence-electron chi connectivity index (χ0n) is 11.6. The van der Waals surface area contributed by atoms with Crippen LogP contribution in [0.2, 0.25) is 0 Å². The van der Waals surface area contributed by atoms with Crippen LogP contribution in [-0.4, -0.2) is 21.3 Å². The average Bonchev–Trinajstić information content (AvgIpc) is 2.48. The van der Waals surface area contributed by atoms with E-state index in [1.54, 1.807) is 14.2 Å². The molecule has 0 atom stereocenters. The van der Waals surface area contributed by atoms with E-state index in [2.05, 4.69) is 18.0 Å². The van der Waals surface area contributed by atoms with Crippen LogP contribution in [0.5, 0.6) is 11.5 Å². The first-order valence-electron chi connectivity index (χ1n) is 6.21. The third kappa shape index (κ3) is 3.19. The molecule has 2 aromatic carbocycles. The second-order valence-electron chi connectivity index (χ2n) is 4.37. The van der Waals surface area contributed by atoms with Gasteiger partial charge in [0.25, 0.3) is 0 Å². The molecule has 0 amide bonds. The summed E-state index contributed by atoms with van der Waals surface area (Å²) in [4.78, 5) is 2.18. The van der Waals surface area contributed by atoms with Crippen molar-refractivity contribution < 1.29 is 9.47 Å². The van der Waals surface area contributed by atoms with Gasteiger partial charge in [-0.1, -0.05) is 18.2 Å². The van der Waals surface area contributed by atoms with E-state index in [9.17, 15) is 0 Å². The Labute approximate surface area is 114 Å². The fourth-order valence-electron chi connectivity index (χ4n) is 2.02. The van der Waals surface area contributed by atoms with E-state index >= 15 is 0 Å². The smallest absolute Gasteiger partial charge is 0.123 e. The molecular formula is C16H19NO2. The van der Waals surface area contributed by atoms with Crippen molar-refractivity contribution >= 4 is 5.69 Å². The molecule has 0 fully saturated rings. The summed E-state index contributed by atoms with van der Waals surface area (Å²) in [6.07, 6.45) is 0. The average molecular weight is 257 g/mol. The molecule has 0 unspecified atom stereocenters. The summed E-state index contributed by atoms with van der Waals surface area (Å²) in [5.74, 6) is 1.79. The molecule has 0 aromatic heterocycles. The number of hydrogen-bond donors (Lipinski definition) is 0. The van der Waals surface area contributed by atoms with Crippen LogP contribution < -0.4 is 14.4 Å². The Bertz CT molecular complexity index is 523. The van der Waals surface area contributed by atoms with Crippen molar-refractivity contribution in [2.45, 2.75) is 6.54 Å². The first-order chi connectivity index (χ1) is 9.24. The Kier molecular flexibility index (Phi) is 4.29. The lowest BCUT2D eigenvalue weighted by Gasteiger charge is -2.21. The zero-order chi connectivity index (χ0) is 13.7. The lowest BCUT2D eigenvalue weighted by Crippen LogP contribution is -2.16. The maximum Gasteiger partial charge on any atom is 0.123 e. The first-order valence-corrected chi connectivity index (χ1v) is 6.21. The van der Waals surface area contributed by atoms with Gasteiger partial charge in [0, 0.05) is 24.8 Å². The predicted molar refractivity (Wildman–Crippen MR) is 78.1 cm³/mol. The van der Waals surface area contributed by atoms with Crippen LogP contribution in [0, 0.1) is 0 Å². The number of methoxy groups -OCH3 is 2. The van der Waals surface area contributed by atoms with Gasteiger partial charge < -0.3 is 14.4 Å². The van der Waals surface area contributed by atoms with Gasteiger partial charge in [-0.3, -0.25) is 0 Å². The van der Waals surface area contributed by atoms with Crippen LogP contribution >= 0.6 is 0 Å². The maximum atomic E-state index is 5.37.